The van der Waals surface area contributed by atoms with Crippen molar-refractivity contribution < 1.29 is 22.4 Å². The van der Waals surface area contributed by atoms with Crippen LogP contribution in [0.4, 0.5) is 10.1 Å². The van der Waals surface area contributed by atoms with Gasteiger partial charge in [0.1, 0.15) is 18.4 Å². The third-order valence-corrected chi connectivity index (χ3v) is 8.80. The molecule has 2 amide bonds. The highest BCUT2D eigenvalue weighted by Crippen LogP contribution is 2.26. The van der Waals surface area contributed by atoms with Crippen LogP contribution in [0.3, 0.4) is 0 Å². The molecule has 10 heteroatoms. The van der Waals surface area contributed by atoms with Crippen LogP contribution in [0.2, 0.25) is 5.02 Å². The van der Waals surface area contributed by atoms with Gasteiger partial charge in [0.15, 0.2) is 0 Å². The minimum atomic E-state index is -4.23. The van der Waals surface area contributed by atoms with Crippen LogP contribution in [-0.2, 0) is 32.6 Å². The Kier molecular flexibility index (Phi) is 10.4. The molecular formula is C34H35ClFN3O4S. The van der Waals surface area contributed by atoms with Crippen molar-refractivity contribution in [2.24, 2.45) is 0 Å². The number of carbonyl (C=O) groups is 2. The number of para-hydroxylation sites is 1. The fourth-order valence-corrected chi connectivity index (χ4v) is 6.19. The van der Waals surface area contributed by atoms with Gasteiger partial charge in [0.2, 0.25) is 11.8 Å². The minimum absolute atomic E-state index is 0.0463. The van der Waals surface area contributed by atoms with Crippen LogP contribution in [0.15, 0.2) is 114 Å². The maximum Gasteiger partial charge on any atom is 0.264 e. The van der Waals surface area contributed by atoms with Gasteiger partial charge in [-0.2, -0.15) is 0 Å². The largest absolute Gasteiger partial charge is 0.350 e. The van der Waals surface area contributed by atoms with Crippen molar-refractivity contribution in [1.29, 1.82) is 0 Å². The summed E-state index contributed by atoms with van der Waals surface area (Å²) in [5, 5.41) is 3.35. The lowest BCUT2D eigenvalue weighted by Crippen LogP contribution is -2.56. The van der Waals surface area contributed by atoms with E-state index in [1.165, 1.54) is 53.4 Å². The zero-order valence-corrected chi connectivity index (χ0v) is 26.4. The summed E-state index contributed by atoms with van der Waals surface area (Å²) < 4.78 is 42.8. The van der Waals surface area contributed by atoms with Crippen LogP contribution in [0, 0.1) is 5.82 Å². The maximum atomic E-state index is 14.4. The first-order chi connectivity index (χ1) is 20.8. The predicted molar refractivity (Wildman–Crippen MR) is 171 cm³/mol. The average molecular weight is 636 g/mol. The summed E-state index contributed by atoms with van der Waals surface area (Å²) in [6.45, 7) is 4.87. The van der Waals surface area contributed by atoms with Crippen molar-refractivity contribution in [2.75, 3.05) is 10.8 Å². The van der Waals surface area contributed by atoms with Gasteiger partial charge in [-0.15, -0.1) is 0 Å². The Balaban J connectivity index is 1.79. The third kappa shape index (κ3) is 8.67. The molecule has 0 aliphatic rings. The molecule has 1 atom stereocenters. The van der Waals surface area contributed by atoms with Crippen molar-refractivity contribution in [1.82, 2.24) is 10.2 Å². The average Bonchev–Trinajstić information content (AvgIpc) is 2.98. The van der Waals surface area contributed by atoms with Gasteiger partial charge in [0, 0.05) is 23.5 Å². The topological polar surface area (TPSA) is 86.8 Å². The highest BCUT2D eigenvalue weighted by atomic mass is 35.5. The Labute approximate surface area is 263 Å². The highest BCUT2D eigenvalue weighted by molar-refractivity contribution is 7.92. The first kappa shape index (κ1) is 32.7. The molecule has 0 aromatic heterocycles. The van der Waals surface area contributed by atoms with Gasteiger partial charge in [-0.3, -0.25) is 13.9 Å². The third-order valence-electron chi connectivity index (χ3n) is 6.76. The number of anilines is 1. The number of halogens is 2. The van der Waals surface area contributed by atoms with Crippen molar-refractivity contribution >= 4 is 39.1 Å². The second kappa shape index (κ2) is 14.1. The highest BCUT2D eigenvalue weighted by Gasteiger charge is 2.35. The van der Waals surface area contributed by atoms with Crippen molar-refractivity contribution in [3.8, 4) is 0 Å². The van der Waals surface area contributed by atoms with Crippen LogP contribution in [0.25, 0.3) is 0 Å². The van der Waals surface area contributed by atoms with Crippen molar-refractivity contribution in [3.05, 3.63) is 131 Å². The number of hydrogen-bond donors (Lipinski definition) is 1. The van der Waals surface area contributed by atoms with Gasteiger partial charge in [-0.25, -0.2) is 12.8 Å². The summed E-state index contributed by atoms with van der Waals surface area (Å²) in [6, 6.07) is 27.9. The van der Waals surface area contributed by atoms with Crippen LogP contribution in [-0.4, -0.2) is 43.3 Å². The quantitative estimate of drug-likeness (QED) is 0.212. The number of rotatable bonds is 11. The van der Waals surface area contributed by atoms with Crippen molar-refractivity contribution in [2.45, 2.75) is 50.2 Å². The molecule has 4 rings (SSSR count). The van der Waals surface area contributed by atoms with Gasteiger partial charge in [0.05, 0.1) is 10.6 Å². The van der Waals surface area contributed by atoms with E-state index in [-0.39, 0.29) is 23.5 Å². The molecule has 0 saturated carbocycles. The zero-order valence-electron chi connectivity index (χ0n) is 24.8. The molecule has 4 aromatic rings. The summed E-state index contributed by atoms with van der Waals surface area (Å²) in [4.78, 5) is 29.6. The molecule has 1 N–H and O–H groups in total. The van der Waals surface area contributed by atoms with E-state index in [9.17, 15) is 22.4 Å². The molecule has 4 aromatic carbocycles. The summed E-state index contributed by atoms with van der Waals surface area (Å²) in [6.07, 6.45) is 0.172. The molecule has 0 aliphatic heterocycles. The number of nitrogens with zero attached hydrogens (tertiary/aromatic N) is 2. The summed E-state index contributed by atoms with van der Waals surface area (Å²) in [5.74, 6) is -1.45. The number of nitrogens with one attached hydrogen (secondary N) is 1. The lowest BCUT2D eigenvalue weighted by molar-refractivity contribution is -0.140. The Morgan fingerprint density at radius 2 is 1.39 bits per heavy atom. The van der Waals surface area contributed by atoms with Crippen LogP contribution >= 0.6 is 11.6 Å². The second-order valence-electron chi connectivity index (χ2n) is 11.4. The first-order valence-corrected chi connectivity index (χ1v) is 15.9. The van der Waals surface area contributed by atoms with Gasteiger partial charge < -0.3 is 10.2 Å². The van der Waals surface area contributed by atoms with E-state index < -0.39 is 45.8 Å². The fraction of sp³-hybridized carbons (Fsp3) is 0.235. The van der Waals surface area contributed by atoms with E-state index in [0.717, 1.165) is 9.87 Å². The molecule has 230 valence electrons. The van der Waals surface area contributed by atoms with Crippen LogP contribution in [0.5, 0.6) is 0 Å². The molecule has 7 nitrogen and oxygen atoms in total. The summed E-state index contributed by atoms with van der Waals surface area (Å²) in [7, 11) is -4.23. The minimum Gasteiger partial charge on any atom is -0.350 e. The molecule has 44 heavy (non-hydrogen) atoms. The van der Waals surface area contributed by atoms with E-state index in [1.54, 1.807) is 30.3 Å². The number of sulfonamides is 1. The van der Waals surface area contributed by atoms with E-state index in [0.29, 0.717) is 10.6 Å². The van der Waals surface area contributed by atoms with Gasteiger partial charge in [0.25, 0.3) is 10.0 Å². The summed E-state index contributed by atoms with van der Waals surface area (Å²) >= 11 is 6.02. The molecule has 0 heterocycles. The molecule has 0 bridgehead atoms. The van der Waals surface area contributed by atoms with E-state index in [4.69, 9.17) is 11.6 Å². The molecule has 0 aliphatic carbocycles. The lowest BCUT2D eigenvalue weighted by atomic mass is 10.0. The van der Waals surface area contributed by atoms with Gasteiger partial charge in [-0.05, 0) is 80.4 Å². The molecule has 0 fully saturated rings. The lowest BCUT2D eigenvalue weighted by Gasteiger charge is -2.35. The Hall–Kier alpha value is -4.21. The Morgan fingerprint density at radius 1 is 0.818 bits per heavy atom. The smallest absolute Gasteiger partial charge is 0.264 e. The van der Waals surface area contributed by atoms with Gasteiger partial charge >= 0.3 is 0 Å². The monoisotopic (exact) mass is 635 g/mol. The number of carbonyl (C=O) groups excluding carboxylic acids is 2. The van der Waals surface area contributed by atoms with Crippen molar-refractivity contribution in [3.63, 3.8) is 0 Å². The SMILES string of the molecule is CC(C)(C)NC(=O)[C@@H](Cc1ccccc1)N(Cc1ccc(F)cc1)C(=O)CN(c1ccccc1)S(=O)(=O)c1ccc(Cl)cc1. The zero-order chi connectivity index (χ0) is 31.9. The number of benzene rings is 4. The Bertz CT molecular complexity index is 1660. The second-order valence-corrected chi connectivity index (χ2v) is 13.7. The van der Waals surface area contributed by atoms with Gasteiger partial charge in [-0.1, -0.05) is 72.3 Å². The normalized spacial score (nSPS) is 12.3. The summed E-state index contributed by atoms with van der Waals surface area (Å²) in [5.41, 5.74) is 1.06. The molecule has 0 spiro atoms. The van der Waals surface area contributed by atoms with E-state index in [1.807, 2.05) is 51.1 Å². The van der Waals surface area contributed by atoms with Crippen LogP contribution < -0.4 is 9.62 Å². The molecule has 0 radical (unpaired) electrons. The maximum absolute atomic E-state index is 14.4. The Morgan fingerprint density at radius 3 is 1.95 bits per heavy atom. The van der Waals surface area contributed by atoms with Crippen LogP contribution in [0.1, 0.15) is 31.9 Å². The predicted octanol–water partition coefficient (Wildman–Crippen LogP) is 6.23. The molecular weight excluding hydrogens is 601 g/mol. The molecule has 0 unspecified atom stereocenters. The molecule has 0 saturated heterocycles. The first-order valence-electron chi connectivity index (χ1n) is 14.1. The van der Waals surface area contributed by atoms with E-state index >= 15 is 0 Å². The standard InChI is InChI=1S/C34H35ClFN3O4S/c1-34(2,3)37-33(41)31(22-25-10-6-4-7-11-25)38(23-26-14-18-28(36)19-15-26)32(40)24-39(29-12-8-5-9-13-29)44(42,43)30-20-16-27(35)17-21-30/h4-21,31H,22-24H2,1-3H3,(H,37,41)/t31-/m1/s1. The number of amides is 2. The van der Waals surface area contributed by atoms with E-state index in [2.05, 4.69) is 5.32 Å². The fourth-order valence-electron chi connectivity index (χ4n) is 4.65. The number of hydrogen-bond acceptors (Lipinski definition) is 4.